The summed E-state index contributed by atoms with van der Waals surface area (Å²) in [6, 6.07) is 0. The second kappa shape index (κ2) is 6.18. The molecule has 4 nitrogen and oxygen atoms in total. The monoisotopic (exact) mass is 199 g/mol. The van der Waals surface area contributed by atoms with Crippen molar-refractivity contribution in [3.05, 3.63) is 12.7 Å². The van der Waals surface area contributed by atoms with Crippen LogP contribution in [-0.2, 0) is 14.3 Å². The number of rotatable bonds is 5. The summed E-state index contributed by atoms with van der Waals surface area (Å²) in [6.45, 7) is 5.50. The first-order chi connectivity index (χ1) is 6.54. The Morgan fingerprint density at radius 3 is 2.43 bits per heavy atom. The van der Waals surface area contributed by atoms with Crippen LogP contribution in [0, 0.1) is 5.92 Å². The topological polar surface area (TPSA) is 46.6 Å². The first-order valence-corrected chi connectivity index (χ1v) is 4.53. The Morgan fingerprint density at radius 1 is 1.50 bits per heavy atom. The van der Waals surface area contributed by atoms with E-state index in [1.807, 2.05) is 0 Å². The molecular formula is C10H17NO3. The van der Waals surface area contributed by atoms with Crippen molar-refractivity contribution in [2.45, 2.75) is 13.3 Å². The number of nitrogens with zero attached hydrogens (tertiary/aromatic N) is 1. The van der Waals surface area contributed by atoms with Gasteiger partial charge < -0.3 is 9.64 Å². The van der Waals surface area contributed by atoms with Gasteiger partial charge in [-0.05, 0) is 13.3 Å². The summed E-state index contributed by atoms with van der Waals surface area (Å²) in [4.78, 5) is 24.3. The second-order valence-electron chi connectivity index (χ2n) is 3.06. The smallest absolute Gasteiger partial charge is 0.318 e. The zero-order valence-corrected chi connectivity index (χ0v) is 8.95. The SMILES string of the molecule is C=CCC(C(=O)OCC)C(=O)N(C)C. The van der Waals surface area contributed by atoms with Gasteiger partial charge >= 0.3 is 5.97 Å². The third kappa shape index (κ3) is 3.60. The van der Waals surface area contributed by atoms with E-state index in [1.165, 1.54) is 4.90 Å². The molecule has 1 unspecified atom stereocenters. The highest BCUT2D eigenvalue weighted by molar-refractivity contribution is 5.97. The van der Waals surface area contributed by atoms with Crippen LogP contribution < -0.4 is 0 Å². The van der Waals surface area contributed by atoms with Crippen LogP contribution in [0.2, 0.25) is 0 Å². The van der Waals surface area contributed by atoms with Crippen LogP contribution in [0.4, 0.5) is 0 Å². The molecular weight excluding hydrogens is 182 g/mol. The second-order valence-corrected chi connectivity index (χ2v) is 3.06. The van der Waals surface area contributed by atoms with Gasteiger partial charge in [-0.25, -0.2) is 0 Å². The highest BCUT2D eigenvalue weighted by Gasteiger charge is 2.27. The zero-order chi connectivity index (χ0) is 11.1. The van der Waals surface area contributed by atoms with Gasteiger partial charge in [0.25, 0.3) is 0 Å². The third-order valence-electron chi connectivity index (χ3n) is 1.71. The Bertz CT molecular complexity index is 223. The molecule has 0 aromatic rings. The Kier molecular flexibility index (Phi) is 5.60. The fourth-order valence-electron chi connectivity index (χ4n) is 1.02. The van der Waals surface area contributed by atoms with Gasteiger partial charge in [0.1, 0.15) is 5.92 Å². The lowest BCUT2D eigenvalue weighted by Crippen LogP contribution is -2.35. The fraction of sp³-hybridized carbons (Fsp3) is 0.600. The Labute approximate surface area is 84.5 Å². The number of hydrogen-bond acceptors (Lipinski definition) is 3. The van der Waals surface area contributed by atoms with Crippen molar-refractivity contribution in [2.24, 2.45) is 5.92 Å². The van der Waals surface area contributed by atoms with Crippen LogP contribution in [0.15, 0.2) is 12.7 Å². The number of ether oxygens (including phenoxy) is 1. The standard InChI is InChI=1S/C10H17NO3/c1-5-7-8(9(12)11(3)4)10(13)14-6-2/h5,8H,1,6-7H2,2-4H3. The van der Waals surface area contributed by atoms with Gasteiger partial charge in [-0.1, -0.05) is 6.08 Å². The fourth-order valence-corrected chi connectivity index (χ4v) is 1.02. The first kappa shape index (κ1) is 12.7. The van der Waals surface area contributed by atoms with E-state index in [1.54, 1.807) is 27.1 Å². The minimum absolute atomic E-state index is 0.247. The van der Waals surface area contributed by atoms with Crippen molar-refractivity contribution >= 4 is 11.9 Å². The molecule has 0 radical (unpaired) electrons. The zero-order valence-electron chi connectivity index (χ0n) is 8.95. The van der Waals surface area contributed by atoms with Crippen LogP contribution in [0.1, 0.15) is 13.3 Å². The molecule has 1 atom stereocenters. The van der Waals surface area contributed by atoms with Gasteiger partial charge in [-0.3, -0.25) is 9.59 Å². The molecule has 0 spiro atoms. The molecule has 0 fully saturated rings. The molecule has 0 aliphatic heterocycles. The van der Waals surface area contributed by atoms with E-state index in [2.05, 4.69) is 6.58 Å². The molecule has 4 heteroatoms. The quantitative estimate of drug-likeness (QED) is 0.374. The number of carbonyl (C=O) groups excluding carboxylic acids is 2. The molecule has 1 amide bonds. The van der Waals surface area contributed by atoms with Gasteiger partial charge in [-0.15, -0.1) is 6.58 Å². The first-order valence-electron chi connectivity index (χ1n) is 4.53. The van der Waals surface area contributed by atoms with Crippen LogP contribution in [0.3, 0.4) is 0 Å². The number of carbonyl (C=O) groups is 2. The average Bonchev–Trinajstić information content (AvgIpc) is 2.13. The predicted molar refractivity (Wildman–Crippen MR) is 53.6 cm³/mol. The van der Waals surface area contributed by atoms with Crippen molar-refractivity contribution in [1.82, 2.24) is 4.90 Å². The molecule has 0 aromatic carbocycles. The average molecular weight is 199 g/mol. The number of allylic oxidation sites excluding steroid dienone is 1. The van der Waals surface area contributed by atoms with E-state index < -0.39 is 11.9 Å². The van der Waals surface area contributed by atoms with Gasteiger partial charge in [-0.2, -0.15) is 0 Å². The Balaban J connectivity index is 4.49. The predicted octanol–water partition coefficient (Wildman–Crippen LogP) is 0.830. The number of esters is 1. The van der Waals surface area contributed by atoms with E-state index in [0.717, 1.165) is 0 Å². The molecule has 0 rings (SSSR count). The summed E-state index contributed by atoms with van der Waals surface area (Å²) in [6.07, 6.45) is 1.86. The van der Waals surface area contributed by atoms with E-state index in [-0.39, 0.29) is 12.5 Å². The largest absolute Gasteiger partial charge is 0.465 e. The van der Waals surface area contributed by atoms with Crippen LogP contribution in [0.5, 0.6) is 0 Å². The molecule has 0 aliphatic carbocycles. The minimum atomic E-state index is -0.748. The Hall–Kier alpha value is -1.32. The van der Waals surface area contributed by atoms with Gasteiger partial charge in [0.2, 0.25) is 5.91 Å². The molecule has 0 aliphatic rings. The highest BCUT2D eigenvalue weighted by Crippen LogP contribution is 2.09. The molecule has 80 valence electrons. The summed E-state index contributed by atoms with van der Waals surface area (Å²) in [5.74, 6) is -1.48. The van der Waals surface area contributed by atoms with Crippen LogP contribution in [0.25, 0.3) is 0 Å². The van der Waals surface area contributed by atoms with Gasteiger partial charge in [0.15, 0.2) is 0 Å². The van der Waals surface area contributed by atoms with E-state index >= 15 is 0 Å². The number of amides is 1. The van der Waals surface area contributed by atoms with Crippen LogP contribution >= 0.6 is 0 Å². The minimum Gasteiger partial charge on any atom is -0.465 e. The summed E-state index contributed by atoms with van der Waals surface area (Å²) in [5.41, 5.74) is 0. The van der Waals surface area contributed by atoms with Crippen LogP contribution in [-0.4, -0.2) is 37.5 Å². The maximum Gasteiger partial charge on any atom is 0.318 e. The van der Waals surface area contributed by atoms with E-state index in [0.29, 0.717) is 6.42 Å². The van der Waals surface area contributed by atoms with Crippen molar-refractivity contribution in [2.75, 3.05) is 20.7 Å². The molecule has 0 saturated carbocycles. The summed E-state index contributed by atoms with van der Waals surface area (Å²) in [7, 11) is 3.22. The lowest BCUT2D eigenvalue weighted by atomic mass is 10.0. The Morgan fingerprint density at radius 2 is 2.07 bits per heavy atom. The number of hydrogen-bond donors (Lipinski definition) is 0. The lowest BCUT2D eigenvalue weighted by molar-refractivity contribution is -0.154. The molecule has 0 saturated heterocycles. The maximum atomic E-state index is 11.5. The third-order valence-corrected chi connectivity index (χ3v) is 1.71. The van der Waals surface area contributed by atoms with Gasteiger partial charge in [0.05, 0.1) is 6.61 Å². The van der Waals surface area contributed by atoms with E-state index in [4.69, 9.17) is 4.74 Å². The van der Waals surface area contributed by atoms with Crippen molar-refractivity contribution < 1.29 is 14.3 Å². The highest BCUT2D eigenvalue weighted by atomic mass is 16.5. The molecule has 0 N–H and O–H groups in total. The summed E-state index contributed by atoms with van der Waals surface area (Å²) < 4.78 is 4.79. The molecule has 0 heterocycles. The summed E-state index contributed by atoms with van der Waals surface area (Å²) >= 11 is 0. The lowest BCUT2D eigenvalue weighted by Gasteiger charge is -2.17. The molecule has 0 aromatic heterocycles. The van der Waals surface area contributed by atoms with E-state index in [9.17, 15) is 9.59 Å². The molecule has 14 heavy (non-hydrogen) atoms. The van der Waals surface area contributed by atoms with Gasteiger partial charge in [0, 0.05) is 14.1 Å². The summed E-state index contributed by atoms with van der Waals surface area (Å²) in [5, 5.41) is 0. The van der Waals surface area contributed by atoms with Crippen molar-refractivity contribution in [3.8, 4) is 0 Å². The van der Waals surface area contributed by atoms with Crippen molar-refractivity contribution in [3.63, 3.8) is 0 Å². The molecule has 0 bridgehead atoms. The van der Waals surface area contributed by atoms with Crippen molar-refractivity contribution in [1.29, 1.82) is 0 Å². The maximum absolute atomic E-state index is 11.5. The normalized spacial score (nSPS) is 11.6.